The lowest BCUT2D eigenvalue weighted by Crippen LogP contribution is -2.24. The van der Waals surface area contributed by atoms with Crippen LogP contribution in [-0.4, -0.2) is 19.2 Å². The predicted octanol–water partition coefficient (Wildman–Crippen LogP) is 2.62. The van der Waals surface area contributed by atoms with Gasteiger partial charge < -0.3 is 9.68 Å². The number of nitrogens with zero attached hydrogens (tertiary/aromatic N) is 1. The third-order valence-corrected chi connectivity index (χ3v) is 2.83. The monoisotopic (exact) mass is 277 g/mol. The molecule has 0 bridgehead atoms. The van der Waals surface area contributed by atoms with Gasteiger partial charge in [0.2, 0.25) is 0 Å². The topological polar surface area (TPSA) is 55.4 Å². The van der Waals surface area contributed by atoms with Crippen LogP contribution in [0.15, 0.2) is 43.5 Å². The fraction of sp³-hybridized carbons (Fsp3) is 0.400. The first kappa shape index (κ1) is 16.5. The molecule has 1 heterocycles. The van der Waals surface area contributed by atoms with Gasteiger partial charge in [-0.3, -0.25) is 4.98 Å². The van der Waals surface area contributed by atoms with Crippen molar-refractivity contribution in [3.63, 3.8) is 0 Å². The lowest BCUT2D eigenvalue weighted by atomic mass is 10.1. The Kier molecular flexibility index (Phi) is 7.75. The summed E-state index contributed by atoms with van der Waals surface area (Å²) in [6, 6.07) is 5.84. The summed E-state index contributed by atoms with van der Waals surface area (Å²) in [4.78, 5) is 14.7. The molecule has 0 aromatic carbocycles. The van der Waals surface area contributed by atoms with Crippen molar-refractivity contribution in [1.82, 2.24) is 15.9 Å². The van der Waals surface area contributed by atoms with Crippen molar-refractivity contribution in [2.45, 2.75) is 24.9 Å². The number of rotatable bonds is 10. The first-order chi connectivity index (χ1) is 9.76. The average molecular weight is 277 g/mol. The third-order valence-electron chi connectivity index (χ3n) is 2.83. The Morgan fingerprint density at radius 1 is 1.05 bits per heavy atom. The van der Waals surface area contributed by atoms with Crippen LogP contribution in [0.3, 0.4) is 0 Å². The highest BCUT2D eigenvalue weighted by Crippen LogP contribution is 2.20. The Bertz CT molecular complexity index is 388. The lowest BCUT2D eigenvalue weighted by molar-refractivity contribution is 0.0569. The van der Waals surface area contributed by atoms with E-state index >= 15 is 0 Å². The van der Waals surface area contributed by atoms with Crippen LogP contribution in [0.4, 0.5) is 0 Å². The molecule has 2 N–H and O–H groups in total. The third kappa shape index (κ3) is 4.86. The zero-order valence-electron chi connectivity index (χ0n) is 12.1. The quantitative estimate of drug-likeness (QED) is 0.508. The summed E-state index contributed by atoms with van der Waals surface area (Å²) in [6.45, 7) is 7.51. The second-order valence-electron chi connectivity index (χ2n) is 4.29. The Balaban J connectivity index is 2.96. The van der Waals surface area contributed by atoms with Gasteiger partial charge in [0.25, 0.3) is 0 Å². The van der Waals surface area contributed by atoms with Crippen LogP contribution >= 0.6 is 0 Å². The zero-order chi connectivity index (χ0) is 14.8. The summed E-state index contributed by atoms with van der Waals surface area (Å²) in [6.07, 6.45) is 5.13. The van der Waals surface area contributed by atoms with Crippen molar-refractivity contribution >= 4 is 0 Å². The summed E-state index contributed by atoms with van der Waals surface area (Å²) >= 11 is 0. The van der Waals surface area contributed by atoms with Gasteiger partial charge in [-0.25, -0.2) is 0 Å². The second kappa shape index (κ2) is 9.39. The molecule has 1 aromatic heterocycles. The van der Waals surface area contributed by atoms with Gasteiger partial charge in [0.1, 0.15) is 0 Å². The van der Waals surface area contributed by atoms with Gasteiger partial charge in [-0.1, -0.05) is 18.2 Å². The maximum Gasteiger partial charge on any atom is 0.0777 e. The van der Waals surface area contributed by atoms with Gasteiger partial charge in [0.15, 0.2) is 0 Å². The number of aromatic nitrogens is 1. The highest BCUT2D eigenvalue weighted by molar-refractivity contribution is 5.17. The predicted molar refractivity (Wildman–Crippen MR) is 79.6 cm³/mol. The van der Waals surface area contributed by atoms with Gasteiger partial charge in [-0.15, -0.1) is 13.2 Å². The van der Waals surface area contributed by atoms with Crippen LogP contribution in [0.5, 0.6) is 0 Å². The molecule has 1 rings (SSSR count). The van der Waals surface area contributed by atoms with E-state index in [9.17, 15) is 0 Å². The minimum atomic E-state index is -0.0237. The molecule has 0 aliphatic rings. The highest BCUT2D eigenvalue weighted by Gasteiger charge is 2.15. The lowest BCUT2D eigenvalue weighted by Gasteiger charge is -2.19. The molecular formula is C15H23N3O2. The minimum Gasteiger partial charge on any atom is -0.304 e. The molecule has 1 aromatic rings. The molecule has 0 aliphatic heterocycles. The van der Waals surface area contributed by atoms with E-state index in [0.717, 1.165) is 24.2 Å². The van der Waals surface area contributed by atoms with Gasteiger partial charge in [0.05, 0.1) is 37.7 Å². The van der Waals surface area contributed by atoms with E-state index in [1.54, 1.807) is 14.2 Å². The molecule has 5 nitrogen and oxygen atoms in total. The Morgan fingerprint density at radius 2 is 1.50 bits per heavy atom. The van der Waals surface area contributed by atoms with Crippen molar-refractivity contribution in [2.24, 2.45) is 0 Å². The van der Waals surface area contributed by atoms with E-state index in [-0.39, 0.29) is 12.1 Å². The summed E-state index contributed by atoms with van der Waals surface area (Å²) in [5.74, 6) is 0. The normalized spacial score (nSPS) is 13.7. The van der Waals surface area contributed by atoms with Gasteiger partial charge in [-0.2, -0.15) is 11.0 Å². The fourth-order valence-electron chi connectivity index (χ4n) is 1.93. The van der Waals surface area contributed by atoms with Crippen LogP contribution in [0.1, 0.15) is 36.3 Å². The summed E-state index contributed by atoms with van der Waals surface area (Å²) in [7, 11) is 3.18. The van der Waals surface area contributed by atoms with E-state index in [0.29, 0.717) is 0 Å². The average Bonchev–Trinajstić information content (AvgIpc) is 2.47. The molecule has 0 saturated carbocycles. The SMILES string of the molecule is C=CCC(NOC)c1cccc(C(CC=C)NOC)n1. The van der Waals surface area contributed by atoms with Gasteiger partial charge >= 0.3 is 0 Å². The standard InChI is InChI=1S/C15H23N3O2/c1-5-8-14(17-19-3)12-10-7-11-13(16-12)15(9-6-2)18-20-4/h5-7,10-11,14-15,17-18H,1-2,8-9H2,3-4H3. The molecule has 0 spiro atoms. The van der Waals surface area contributed by atoms with E-state index in [1.165, 1.54) is 0 Å². The largest absolute Gasteiger partial charge is 0.304 e. The van der Waals surface area contributed by atoms with E-state index in [1.807, 2.05) is 30.4 Å². The number of pyridine rings is 1. The Morgan fingerprint density at radius 3 is 1.85 bits per heavy atom. The first-order valence-corrected chi connectivity index (χ1v) is 6.52. The second-order valence-corrected chi connectivity index (χ2v) is 4.29. The van der Waals surface area contributed by atoms with Gasteiger partial charge in [0, 0.05) is 0 Å². The number of hydrogen-bond acceptors (Lipinski definition) is 5. The molecular weight excluding hydrogens is 254 g/mol. The summed E-state index contributed by atoms with van der Waals surface area (Å²) in [5, 5.41) is 0. The maximum atomic E-state index is 5.01. The number of hydroxylamine groups is 2. The maximum absolute atomic E-state index is 5.01. The van der Waals surface area contributed by atoms with Crippen molar-refractivity contribution in [3.8, 4) is 0 Å². The Labute approximate surface area is 120 Å². The molecule has 0 amide bonds. The zero-order valence-corrected chi connectivity index (χ0v) is 12.1. The first-order valence-electron chi connectivity index (χ1n) is 6.52. The molecule has 2 unspecified atom stereocenters. The minimum absolute atomic E-state index is 0.0237. The number of nitrogens with one attached hydrogen (secondary N) is 2. The molecule has 0 fully saturated rings. The Hall–Kier alpha value is -1.53. The molecule has 20 heavy (non-hydrogen) atoms. The van der Waals surface area contributed by atoms with Crippen molar-refractivity contribution in [2.75, 3.05) is 14.2 Å². The van der Waals surface area contributed by atoms with E-state index in [4.69, 9.17) is 9.68 Å². The molecule has 0 radical (unpaired) electrons. The van der Waals surface area contributed by atoms with Gasteiger partial charge in [-0.05, 0) is 25.0 Å². The van der Waals surface area contributed by atoms with Crippen molar-refractivity contribution < 1.29 is 9.68 Å². The number of hydrogen-bond donors (Lipinski definition) is 2. The molecule has 0 saturated heterocycles. The van der Waals surface area contributed by atoms with Crippen LogP contribution < -0.4 is 11.0 Å². The summed E-state index contributed by atoms with van der Waals surface area (Å²) < 4.78 is 0. The van der Waals surface area contributed by atoms with Crippen LogP contribution in [-0.2, 0) is 9.68 Å². The van der Waals surface area contributed by atoms with Crippen LogP contribution in [0.2, 0.25) is 0 Å². The summed E-state index contributed by atoms with van der Waals surface area (Å²) in [5.41, 5.74) is 7.65. The van der Waals surface area contributed by atoms with Crippen molar-refractivity contribution in [3.05, 3.63) is 54.9 Å². The van der Waals surface area contributed by atoms with Crippen LogP contribution in [0.25, 0.3) is 0 Å². The van der Waals surface area contributed by atoms with Crippen LogP contribution in [0, 0.1) is 0 Å². The van der Waals surface area contributed by atoms with E-state index < -0.39 is 0 Å². The van der Waals surface area contributed by atoms with E-state index in [2.05, 4.69) is 29.1 Å². The molecule has 0 aliphatic carbocycles. The molecule has 2 atom stereocenters. The fourth-order valence-corrected chi connectivity index (χ4v) is 1.93. The van der Waals surface area contributed by atoms with Crippen molar-refractivity contribution in [1.29, 1.82) is 0 Å². The smallest absolute Gasteiger partial charge is 0.0777 e. The molecule has 110 valence electrons. The molecule has 5 heteroatoms. The highest BCUT2D eigenvalue weighted by atomic mass is 16.6.